The summed E-state index contributed by atoms with van der Waals surface area (Å²) in [6.45, 7) is 8.23. The van der Waals surface area contributed by atoms with Gasteiger partial charge in [-0.3, -0.25) is 9.59 Å². The molecule has 0 aromatic carbocycles. The maximum atomic E-state index is 12.1. The van der Waals surface area contributed by atoms with Crippen LogP contribution in [0.5, 0.6) is 0 Å². The van der Waals surface area contributed by atoms with Gasteiger partial charge in [-0.2, -0.15) is 0 Å². The lowest BCUT2D eigenvalue weighted by molar-refractivity contribution is -0.141. The van der Waals surface area contributed by atoms with Crippen LogP contribution in [-0.2, 0) is 9.59 Å². The molecule has 0 saturated carbocycles. The number of aliphatic hydroxyl groups is 1. The second kappa shape index (κ2) is 7.48. The van der Waals surface area contributed by atoms with Crippen molar-refractivity contribution in [2.45, 2.75) is 33.6 Å². The third-order valence-electron chi connectivity index (χ3n) is 3.52. The molecule has 1 N–H and O–H groups in total. The summed E-state index contributed by atoms with van der Waals surface area (Å²) in [6, 6.07) is 0. The molecule has 0 radical (unpaired) electrons. The molecule has 1 aliphatic heterocycles. The fourth-order valence-electron chi connectivity index (χ4n) is 2.62. The van der Waals surface area contributed by atoms with E-state index in [4.69, 9.17) is 5.11 Å². The predicted molar refractivity (Wildman–Crippen MR) is 73.5 cm³/mol. The molecule has 5 nitrogen and oxygen atoms in total. The molecule has 1 unspecified atom stereocenters. The van der Waals surface area contributed by atoms with E-state index >= 15 is 0 Å². The van der Waals surface area contributed by atoms with Gasteiger partial charge in [0.25, 0.3) is 0 Å². The quantitative estimate of drug-likeness (QED) is 0.801. The van der Waals surface area contributed by atoms with Crippen LogP contribution < -0.4 is 0 Å². The van der Waals surface area contributed by atoms with E-state index in [0.717, 1.165) is 6.42 Å². The molecule has 1 saturated heterocycles. The standard InChI is InChI=1S/C14H26N2O3/c1-11(2)8-12(3)9-13(18)15-4-6-16(7-5-15)14(19)10-17/h11-12,17H,4-10H2,1-3H3. The number of carbonyl (C=O) groups excluding carboxylic acids is 2. The molecule has 1 fully saturated rings. The van der Waals surface area contributed by atoms with Crippen molar-refractivity contribution in [1.29, 1.82) is 0 Å². The van der Waals surface area contributed by atoms with E-state index in [1.807, 2.05) is 4.90 Å². The summed E-state index contributed by atoms with van der Waals surface area (Å²) in [5.74, 6) is 0.955. The van der Waals surface area contributed by atoms with Crippen molar-refractivity contribution < 1.29 is 14.7 Å². The third kappa shape index (κ3) is 5.19. The van der Waals surface area contributed by atoms with Gasteiger partial charge in [0.05, 0.1) is 0 Å². The first-order chi connectivity index (χ1) is 8.93. The van der Waals surface area contributed by atoms with E-state index in [1.54, 1.807) is 4.90 Å². The number of hydrogen-bond acceptors (Lipinski definition) is 3. The van der Waals surface area contributed by atoms with Gasteiger partial charge < -0.3 is 14.9 Å². The zero-order valence-electron chi connectivity index (χ0n) is 12.3. The molecular formula is C14H26N2O3. The zero-order valence-corrected chi connectivity index (χ0v) is 12.3. The Bertz CT molecular complexity index is 310. The van der Waals surface area contributed by atoms with Crippen LogP contribution in [0, 0.1) is 11.8 Å². The largest absolute Gasteiger partial charge is 0.387 e. The average molecular weight is 270 g/mol. The van der Waals surface area contributed by atoms with Crippen molar-refractivity contribution in [3.05, 3.63) is 0 Å². The lowest BCUT2D eigenvalue weighted by Crippen LogP contribution is -2.51. The number of hydrogen-bond donors (Lipinski definition) is 1. The number of aliphatic hydroxyl groups excluding tert-OH is 1. The number of rotatable bonds is 5. The Morgan fingerprint density at radius 3 is 1.89 bits per heavy atom. The SMILES string of the molecule is CC(C)CC(C)CC(=O)N1CCN(C(=O)CO)CC1. The van der Waals surface area contributed by atoms with Gasteiger partial charge in [-0.05, 0) is 18.3 Å². The van der Waals surface area contributed by atoms with Gasteiger partial charge in [-0.15, -0.1) is 0 Å². The molecule has 0 bridgehead atoms. The summed E-state index contributed by atoms with van der Waals surface area (Å²) in [5.41, 5.74) is 0. The minimum absolute atomic E-state index is 0.184. The van der Waals surface area contributed by atoms with Gasteiger partial charge in [0.15, 0.2) is 0 Å². The van der Waals surface area contributed by atoms with Crippen molar-refractivity contribution in [3.8, 4) is 0 Å². The number of nitrogens with zero attached hydrogens (tertiary/aromatic N) is 2. The van der Waals surface area contributed by atoms with Gasteiger partial charge >= 0.3 is 0 Å². The zero-order chi connectivity index (χ0) is 14.4. The highest BCUT2D eigenvalue weighted by atomic mass is 16.3. The first kappa shape index (κ1) is 16.0. The normalized spacial score (nSPS) is 17.7. The lowest BCUT2D eigenvalue weighted by atomic mass is 9.95. The smallest absolute Gasteiger partial charge is 0.248 e. The second-order valence-electron chi connectivity index (χ2n) is 5.86. The van der Waals surface area contributed by atoms with Crippen molar-refractivity contribution in [2.24, 2.45) is 11.8 Å². The van der Waals surface area contributed by atoms with Gasteiger partial charge in [-0.25, -0.2) is 0 Å². The highest BCUT2D eigenvalue weighted by Gasteiger charge is 2.24. The van der Waals surface area contributed by atoms with Crippen molar-refractivity contribution in [2.75, 3.05) is 32.8 Å². The minimum atomic E-state index is -0.445. The lowest BCUT2D eigenvalue weighted by Gasteiger charge is -2.35. The highest BCUT2D eigenvalue weighted by molar-refractivity contribution is 5.79. The molecule has 0 aromatic heterocycles. The minimum Gasteiger partial charge on any atom is -0.387 e. The van der Waals surface area contributed by atoms with Crippen LogP contribution in [0.2, 0.25) is 0 Å². The Morgan fingerprint density at radius 2 is 1.47 bits per heavy atom. The summed E-state index contributed by atoms with van der Waals surface area (Å²) in [5, 5.41) is 8.79. The van der Waals surface area contributed by atoms with Crippen LogP contribution in [0.3, 0.4) is 0 Å². The number of amides is 2. The fourth-order valence-corrected chi connectivity index (χ4v) is 2.62. The Hall–Kier alpha value is -1.10. The van der Waals surface area contributed by atoms with Crippen LogP contribution in [-0.4, -0.2) is 59.5 Å². The molecule has 1 rings (SSSR count). The van der Waals surface area contributed by atoms with Crippen molar-refractivity contribution >= 4 is 11.8 Å². The molecule has 2 amide bonds. The summed E-state index contributed by atoms with van der Waals surface area (Å²) < 4.78 is 0. The summed E-state index contributed by atoms with van der Waals surface area (Å²) >= 11 is 0. The summed E-state index contributed by atoms with van der Waals surface area (Å²) in [6.07, 6.45) is 1.65. The predicted octanol–water partition coefficient (Wildman–Crippen LogP) is 0.722. The molecule has 1 heterocycles. The summed E-state index contributed by atoms with van der Waals surface area (Å²) in [7, 11) is 0. The highest BCUT2D eigenvalue weighted by Crippen LogP contribution is 2.16. The van der Waals surface area contributed by atoms with E-state index in [0.29, 0.717) is 44.4 Å². The van der Waals surface area contributed by atoms with Crippen molar-refractivity contribution in [3.63, 3.8) is 0 Å². The first-order valence-corrected chi connectivity index (χ1v) is 7.10. The first-order valence-electron chi connectivity index (χ1n) is 7.10. The van der Waals surface area contributed by atoms with Gasteiger partial charge in [-0.1, -0.05) is 20.8 Å². The maximum absolute atomic E-state index is 12.1. The van der Waals surface area contributed by atoms with Crippen LogP contribution in [0.1, 0.15) is 33.6 Å². The fraction of sp³-hybridized carbons (Fsp3) is 0.857. The molecule has 1 aliphatic rings. The Balaban J connectivity index is 2.34. The Labute approximate surface area is 115 Å². The molecule has 0 spiro atoms. The summed E-state index contributed by atoms with van der Waals surface area (Å²) in [4.78, 5) is 26.9. The Morgan fingerprint density at radius 1 is 1.00 bits per heavy atom. The van der Waals surface area contributed by atoms with Crippen LogP contribution in [0.25, 0.3) is 0 Å². The van der Waals surface area contributed by atoms with Gasteiger partial charge in [0, 0.05) is 32.6 Å². The number of carbonyl (C=O) groups is 2. The third-order valence-corrected chi connectivity index (χ3v) is 3.52. The topological polar surface area (TPSA) is 60.9 Å². The van der Waals surface area contributed by atoms with Gasteiger partial charge in [0.1, 0.15) is 6.61 Å². The van der Waals surface area contributed by atoms with Crippen LogP contribution in [0.15, 0.2) is 0 Å². The maximum Gasteiger partial charge on any atom is 0.248 e. The van der Waals surface area contributed by atoms with E-state index < -0.39 is 6.61 Å². The van der Waals surface area contributed by atoms with E-state index in [1.165, 1.54) is 0 Å². The molecule has 0 aromatic rings. The molecule has 0 aliphatic carbocycles. The van der Waals surface area contributed by atoms with E-state index in [2.05, 4.69) is 20.8 Å². The van der Waals surface area contributed by atoms with Crippen molar-refractivity contribution in [1.82, 2.24) is 9.80 Å². The van der Waals surface area contributed by atoms with Crippen LogP contribution >= 0.6 is 0 Å². The van der Waals surface area contributed by atoms with Crippen LogP contribution in [0.4, 0.5) is 0 Å². The molecule has 1 atom stereocenters. The molecular weight excluding hydrogens is 244 g/mol. The monoisotopic (exact) mass is 270 g/mol. The van der Waals surface area contributed by atoms with E-state index in [9.17, 15) is 9.59 Å². The Kier molecular flexibility index (Phi) is 6.28. The second-order valence-corrected chi connectivity index (χ2v) is 5.86. The molecule has 5 heteroatoms. The average Bonchev–Trinajstić information content (AvgIpc) is 2.36. The number of piperazine rings is 1. The van der Waals surface area contributed by atoms with E-state index in [-0.39, 0.29) is 11.8 Å². The molecule has 19 heavy (non-hydrogen) atoms. The van der Waals surface area contributed by atoms with Gasteiger partial charge in [0.2, 0.25) is 11.8 Å². The molecule has 110 valence electrons.